The molecule has 3 rings (SSSR count). The third kappa shape index (κ3) is 7.23. The van der Waals surface area contributed by atoms with E-state index < -0.39 is 67.5 Å². The first kappa shape index (κ1) is 31.6. The van der Waals surface area contributed by atoms with E-state index in [2.05, 4.69) is 5.18 Å². The fraction of sp³-hybridized carbons (Fsp3) is 1.00. The first-order valence-electron chi connectivity index (χ1n) is 12.7. The average molecular weight is 556 g/mol. The second-order valence-corrected chi connectivity index (χ2v) is 10.1. The quantitative estimate of drug-likeness (QED) is 0.107. The van der Waals surface area contributed by atoms with Gasteiger partial charge in [0.2, 0.25) is 0 Å². The first-order valence-corrected chi connectivity index (χ1v) is 12.7. The fourth-order valence-corrected chi connectivity index (χ4v) is 5.25. The number of nitrogens with zero attached hydrogens (tertiary/aromatic N) is 1. The summed E-state index contributed by atoms with van der Waals surface area (Å²) in [6, 6.07) is -1.38. The second-order valence-electron chi connectivity index (χ2n) is 10.1. The maximum absolute atomic E-state index is 11.4. The van der Waals surface area contributed by atoms with Crippen LogP contribution < -0.4 is 0 Å². The topological polar surface area (TPSA) is 204 Å². The van der Waals surface area contributed by atoms with Crippen LogP contribution in [0.3, 0.4) is 0 Å². The highest BCUT2D eigenvalue weighted by atomic mass is 17.2. The molecule has 14 unspecified atom stereocenters. The van der Waals surface area contributed by atoms with Gasteiger partial charge in [-0.1, -0.05) is 19.0 Å². The van der Waals surface area contributed by atoms with Crippen molar-refractivity contribution in [3.63, 3.8) is 0 Å². The highest BCUT2D eigenvalue weighted by molar-refractivity contribution is 4.95. The molecular formula is C23H41NO14. The minimum Gasteiger partial charge on any atom is -0.394 e. The standard InChI is InChI=1S/C23H41NO14/c1-10-11(2)19(26)23(37-16(10)7-25)36-15-6-13(38-32-4)12(8-34-31-3)5-14(15)33-9-17-18(24-30)20(27)21(28)22(29)35-17/h10-23,25-29H,5-9H2,1-4H3. The minimum atomic E-state index is -1.73. The van der Waals surface area contributed by atoms with Crippen LogP contribution in [0.25, 0.3) is 0 Å². The Morgan fingerprint density at radius 2 is 1.58 bits per heavy atom. The Kier molecular flexibility index (Phi) is 12.2. The van der Waals surface area contributed by atoms with Gasteiger partial charge in [0.25, 0.3) is 0 Å². The molecule has 14 atom stereocenters. The van der Waals surface area contributed by atoms with Crippen LogP contribution in [0.5, 0.6) is 0 Å². The molecule has 0 spiro atoms. The van der Waals surface area contributed by atoms with Crippen molar-refractivity contribution in [1.29, 1.82) is 0 Å². The Labute approximate surface area is 220 Å². The van der Waals surface area contributed by atoms with E-state index in [0.29, 0.717) is 6.42 Å². The van der Waals surface area contributed by atoms with Crippen LogP contribution in [0.2, 0.25) is 0 Å². The molecule has 15 nitrogen and oxygen atoms in total. The van der Waals surface area contributed by atoms with E-state index >= 15 is 0 Å². The maximum Gasteiger partial charge on any atom is 0.184 e. The van der Waals surface area contributed by atoms with Crippen LogP contribution >= 0.6 is 0 Å². The zero-order chi connectivity index (χ0) is 28.0. The lowest BCUT2D eigenvalue weighted by atomic mass is 9.82. The number of hydrogen-bond acceptors (Lipinski definition) is 15. The molecule has 15 heteroatoms. The van der Waals surface area contributed by atoms with Crippen molar-refractivity contribution < 1.29 is 64.0 Å². The summed E-state index contributed by atoms with van der Waals surface area (Å²) < 4.78 is 23.4. The van der Waals surface area contributed by atoms with Crippen LogP contribution in [0, 0.1) is 22.7 Å². The van der Waals surface area contributed by atoms with Crippen molar-refractivity contribution in [2.75, 3.05) is 34.0 Å². The summed E-state index contributed by atoms with van der Waals surface area (Å²) in [5, 5.41) is 53.3. The Balaban J connectivity index is 1.78. The molecule has 0 aromatic heterocycles. The molecule has 3 aliphatic rings. The van der Waals surface area contributed by atoms with Gasteiger partial charge in [0.15, 0.2) is 12.6 Å². The average Bonchev–Trinajstić information content (AvgIpc) is 2.91. The molecule has 2 saturated heterocycles. The second kappa shape index (κ2) is 14.6. The van der Waals surface area contributed by atoms with Gasteiger partial charge >= 0.3 is 0 Å². The lowest BCUT2D eigenvalue weighted by Crippen LogP contribution is -2.59. The van der Waals surface area contributed by atoms with Crippen molar-refractivity contribution in [1.82, 2.24) is 0 Å². The van der Waals surface area contributed by atoms with E-state index in [1.807, 2.05) is 13.8 Å². The van der Waals surface area contributed by atoms with E-state index in [9.17, 15) is 30.4 Å². The monoisotopic (exact) mass is 555 g/mol. The summed E-state index contributed by atoms with van der Waals surface area (Å²) in [4.78, 5) is 31.6. The molecule has 38 heavy (non-hydrogen) atoms. The Hall–Kier alpha value is -0.920. The predicted octanol–water partition coefficient (Wildman–Crippen LogP) is -1.38. The van der Waals surface area contributed by atoms with E-state index in [1.54, 1.807) is 0 Å². The number of ether oxygens (including phenoxy) is 4. The molecule has 1 saturated carbocycles. The Bertz CT molecular complexity index is 718. The number of aliphatic hydroxyl groups excluding tert-OH is 5. The van der Waals surface area contributed by atoms with Gasteiger partial charge < -0.3 is 44.5 Å². The molecular weight excluding hydrogens is 514 g/mol. The SMILES string of the molecule is COOCC1CC(OCC2OC(O)C(O)C(O)C2N=O)C(OC2OC(CO)C(C)C(C)C2O)CC1OOC. The smallest absolute Gasteiger partial charge is 0.184 e. The van der Waals surface area contributed by atoms with E-state index in [0.717, 1.165) is 0 Å². The molecule has 0 aromatic rings. The van der Waals surface area contributed by atoms with Crippen LogP contribution in [-0.4, -0.2) is 127 Å². The molecule has 0 bridgehead atoms. The minimum absolute atomic E-state index is 0.113. The first-order chi connectivity index (χ1) is 18.2. The lowest BCUT2D eigenvalue weighted by molar-refractivity contribution is -0.357. The van der Waals surface area contributed by atoms with Crippen molar-refractivity contribution in [2.45, 2.75) is 94.1 Å². The third-order valence-electron chi connectivity index (χ3n) is 7.87. The summed E-state index contributed by atoms with van der Waals surface area (Å²) in [7, 11) is 2.74. The van der Waals surface area contributed by atoms with Crippen LogP contribution in [0.15, 0.2) is 5.18 Å². The van der Waals surface area contributed by atoms with Crippen molar-refractivity contribution in [3.8, 4) is 0 Å². The Morgan fingerprint density at radius 1 is 0.842 bits per heavy atom. The molecule has 3 fully saturated rings. The van der Waals surface area contributed by atoms with Crippen LogP contribution in [0.4, 0.5) is 0 Å². The number of hydrogen-bond donors (Lipinski definition) is 5. The highest BCUT2D eigenvalue weighted by Gasteiger charge is 2.48. The van der Waals surface area contributed by atoms with Crippen molar-refractivity contribution in [3.05, 3.63) is 4.91 Å². The molecule has 2 aliphatic heterocycles. The van der Waals surface area contributed by atoms with Crippen molar-refractivity contribution in [2.24, 2.45) is 22.9 Å². The summed E-state index contributed by atoms with van der Waals surface area (Å²) in [6.07, 6.45) is -10.2. The van der Waals surface area contributed by atoms with E-state index in [4.69, 9.17) is 38.5 Å². The van der Waals surface area contributed by atoms with Gasteiger partial charge in [-0.05, 0) is 18.3 Å². The lowest BCUT2D eigenvalue weighted by Gasteiger charge is -2.46. The fourth-order valence-electron chi connectivity index (χ4n) is 5.25. The molecule has 2 heterocycles. The predicted molar refractivity (Wildman–Crippen MR) is 125 cm³/mol. The number of nitroso groups, excluding NO2 is 1. The zero-order valence-electron chi connectivity index (χ0n) is 22.0. The van der Waals surface area contributed by atoms with Gasteiger partial charge in [-0.15, -0.1) is 0 Å². The highest BCUT2D eigenvalue weighted by Crippen LogP contribution is 2.37. The molecule has 222 valence electrons. The number of aliphatic hydroxyl groups is 5. The normalized spacial score (nSPS) is 46.1. The van der Waals surface area contributed by atoms with Crippen molar-refractivity contribution >= 4 is 0 Å². The summed E-state index contributed by atoms with van der Waals surface area (Å²) in [6.45, 7) is 3.32. The summed E-state index contributed by atoms with van der Waals surface area (Å²) in [5.41, 5.74) is 0. The molecule has 5 N–H and O–H groups in total. The largest absolute Gasteiger partial charge is 0.394 e. The number of rotatable bonds is 12. The summed E-state index contributed by atoms with van der Waals surface area (Å²) >= 11 is 0. The Morgan fingerprint density at radius 3 is 2.21 bits per heavy atom. The molecule has 0 radical (unpaired) electrons. The van der Waals surface area contributed by atoms with E-state index in [1.165, 1.54) is 14.2 Å². The molecule has 0 aromatic carbocycles. The summed E-state index contributed by atoms with van der Waals surface area (Å²) in [5.74, 6) is -0.628. The van der Waals surface area contributed by atoms with Crippen LogP contribution in [-0.2, 0) is 38.5 Å². The zero-order valence-corrected chi connectivity index (χ0v) is 22.0. The van der Waals surface area contributed by atoms with Gasteiger partial charge in [-0.3, -0.25) is 0 Å². The van der Waals surface area contributed by atoms with Gasteiger partial charge in [-0.25, -0.2) is 19.6 Å². The van der Waals surface area contributed by atoms with Gasteiger partial charge in [-0.2, -0.15) is 4.91 Å². The third-order valence-corrected chi connectivity index (χ3v) is 7.87. The maximum atomic E-state index is 11.4. The van der Waals surface area contributed by atoms with Gasteiger partial charge in [0.05, 0.1) is 52.4 Å². The van der Waals surface area contributed by atoms with E-state index in [-0.39, 0.29) is 44.0 Å². The van der Waals surface area contributed by atoms with Gasteiger partial charge in [0, 0.05) is 12.3 Å². The molecule has 0 amide bonds. The van der Waals surface area contributed by atoms with Crippen LogP contribution in [0.1, 0.15) is 26.7 Å². The van der Waals surface area contributed by atoms with Gasteiger partial charge in [0.1, 0.15) is 36.6 Å². The molecule has 1 aliphatic carbocycles.